The minimum Gasteiger partial charge on any atom is -0.395 e. The highest BCUT2D eigenvalue weighted by molar-refractivity contribution is 5.58. The number of hydrogen-bond acceptors (Lipinski definition) is 3. The third kappa shape index (κ3) is 4.59. The molecule has 0 heterocycles. The third-order valence-corrected chi connectivity index (χ3v) is 3.34. The van der Waals surface area contributed by atoms with Crippen molar-refractivity contribution in [3.8, 4) is 0 Å². The fraction of sp³-hybridized carbons (Fsp3) is 0.533. The summed E-state index contributed by atoms with van der Waals surface area (Å²) in [5.41, 5.74) is 0.875. The van der Waals surface area contributed by atoms with Gasteiger partial charge in [-0.3, -0.25) is 4.90 Å². The maximum absolute atomic E-state index is 11.2. The van der Waals surface area contributed by atoms with Crippen molar-refractivity contribution in [1.29, 1.82) is 0 Å². The highest BCUT2D eigenvalue weighted by atomic mass is 16.3. The molecule has 1 rings (SSSR count). The Labute approximate surface area is 109 Å². The molecule has 100 valence electrons. The van der Waals surface area contributed by atoms with Crippen LogP contribution < -0.4 is 0 Å². The molecule has 1 aromatic carbocycles. The zero-order valence-corrected chi connectivity index (χ0v) is 11.3. The number of aldehydes is 1. The van der Waals surface area contributed by atoms with E-state index in [1.165, 1.54) is 5.56 Å². The Hall–Kier alpha value is -1.19. The molecular formula is C15H23NO2. The Morgan fingerprint density at radius 3 is 2.50 bits per heavy atom. The number of aliphatic hydroxyl groups excluding tert-OH is 1. The second-order valence-electron chi connectivity index (χ2n) is 5.05. The van der Waals surface area contributed by atoms with E-state index in [0.717, 1.165) is 19.3 Å². The van der Waals surface area contributed by atoms with Gasteiger partial charge in [0.2, 0.25) is 0 Å². The lowest BCUT2D eigenvalue weighted by Crippen LogP contribution is -2.38. The van der Waals surface area contributed by atoms with E-state index in [2.05, 4.69) is 17.0 Å². The summed E-state index contributed by atoms with van der Waals surface area (Å²) in [5.74, 6) is 0. The average Bonchev–Trinajstić information content (AvgIpc) is 2.40. The standard InChI is InChI=1S/C15H23NO2/c1-3-15(2,13-18)12-16(9-10-17)11-14-7-5-4-6-8-14/h4-8,13,17H,3,9-12H2,1-2H3. The summed E-state index contributed by atoms with van der Waals surface area (Å²) in [7, 11) is 0. The van der Waals surface area contributed by atoms with E-state index < -0.39 is 0 Å². The second kappa shape index (κ2) is 7.29. The van der Waals surface area contributed by atoms with Crippen LogP contribution in [0.2, 0.25) is 0 Å². The fourth-order valence-corrected chi connectivity index (χ4v) is 1.94. The van der Waals surface area contributed by atoms with Crippen molar-refractivity contribution in [2.45, 2.75) is 26.8 Å². The van der Waals surface area contributed by atoms with Crippen LogP contribution in [0.25, 0.3) is 0 Å². The molecule has 0 saturated carbocycles. The van der Waals surface area contributed by atoms with Gasteiger partial charge in [-0.05, 0) is 12.0 Å². The Kier molecular flexibility index (Phi) is 6.02. The third-order valence-electron chi connectivity index (χ3n) is 3.34. The monoisotopic (exact) mass is 249 g/mol. The van der Waals surface area contributed by atoms with E-state index in [1.54, 1.807) is 0 Å². The second-order valence-corrected chi connectivity index (χ2v) is 5.05. The van der Waals surface area contributed by atoms with Crippen LogP contribution in [-0.4, -0.2) is 36.0 Å². The van der Waals surface area contributed by atoms with Crippen LogP contribution in [0, 0.1) is 5.41 Å². The van der Waals surface area contributed by atoms with Gasteiger partial charge in [0.1, 0.15) is 6.29 Å². The lowest BCUT2D eigenvalue weighted by Gasteiger charge is -2.30. The first-order valence-corrected chi connectivity index (χ1v) is 6.47. The molecule has 0 fully saturated rings. The molecule has 0 saturated heterocycles. The van der Waals surface area contributed by atoms with E-state index in [4.69, 9.17) is 5.11 Å². The molecule has 1 aromatic rings. The van der Waals surface area contributed by atoms with Gasteiger partial charge < -0.3 is 9.90 Å². The highest BCUT2D eigenvalue weighted by Crippen LogP contribution is 2.20. The van der Waals surface area contributed by atoms with Crippen LogP contribution in [0.3, 0.4) is 0 Å². The van der Waals surface area contributed by atoms with E-state index in [-0.39, 0.29) is 12.0 Å². The van der Waals surface area contributed by atoms with Gasteiger partial charge in [0, 0.05) is 25.0 Å². The Balaban J connectivity index is 2.68. The smallest absolute Gasteiger partial charge is 0.127 e. The SMILES string of the molecule is CCC(C)(C=O)CN(CCO)Cc1ccccc1. The quantitative estimate of drug-likeness (QED) is 0.717. The lowest BCUT2D eigenvalue weighted by atomic mass is 9.88. The largest absolute Gasteiger partial charge is 0.395 e. The van der Waals surface area contributed by atoms with Gasteiger partial charge >= 0.3 is 0 Å². The molecular weight excluding hydrogens is 226 g/mol. The molecule has 3 nitrogen and oxygen atoms in total. The molecule has 1 atom stereocenters. The van der Waals surface area contributed by atoms with Crippen LogP contribution >= 0.6 is 0 Å². The van der Waals surface area contributed by atoms with Crippen molar-refractivity contribution in [1.82, 2.24) is 4.90 Å². The lowest BCUT2D eigenvalue weighted by molar-refractivity contribution is -0.116. The molecule has 18 heavy (non-hydrogen) atoms. The van der Waals surface area contributed by atoms with Gasteiger partial charge in [0.15, 0.2) is 0 Å². The topological polar surface area (TPSA) is 40.5 Å². The van der Waals surface area contributed by atoms with Crippen LogP contribution in [0.15, 0.2) is 30.3 Å². The summed E-state index contributed by atoms with van der Waals surface area (Å²) < 4.78 is 0. The van der Waals surface area contributed by atoms with Crippen molar-refractivity contribution >= 4 is 6.29 Å². The Morgan fingerprint density at radius 1 is 1.33 bits per heavy atom. The zero-order chi connectivity index (χ0) is 13.4. The van der Waals surface area contributed by atoms with Crippen LogP contribution in [0.5, 0.6) is 0 Å². The fourth-order valence-electron chi connectivity index (χ4n) is 1.94. The maximum atomic E-state index is 11.2. The number of benzene rings is 1. The Morgan fingerprint density at radius 2 is 2.00 bits per heavy atom. The van der Waals surface area contributed by atoms with Crippen LogP contribution in [-0.2, 0) is 11.3 Å². The summed E-state index contributed by atoms with van der Waals surface area (Å²) >= 11 is 0. The van der Waals surface area contributed by atoms with Crippen LogP contribution in [0.1, 0.15) is 25.8 Å². The molecule has 0 bridgehead atoms. The van der Waals surface area contributed by atoms with Gasteiger partial charge in [-0.2, -0.15) is 0 Å². The first kappa shape index (κ1) is 14.9. The summed E-state index contributed by atoms with van der Waals surface area (Å²) in [6, 6.07) is 10.1. The molecule has 0 radical (unpaired) electrons. The first-order chi connectivity index (χ1) is 8.63. The molecule has 3 heteroatoms. The molecule has 1 unspecified atom stereocenters. The predicted octanol–water partition coefficient (Wildman–Crippen LogP) is 2.10. The number of nitrogens with zero attached hydrogens (tertiary/aromatic N) is 1. The number of hydrogen-bond donors (Lipinski definition) is 1. The minimum atomic E-state index is -0.329. The molecule has 0 aliphatic heterocycles. The number of aliphatic hydroxyl groups is 1. The van der Waals surface area contributed by atoms with Gasteiger partial charge in [0.05, 0.1) is 6.61 Å². The van der Waals surface area contributed by atoms with Gasteiger partial charge in [-0.15, -0.1) is 0 Å². The zero-order valence-electron chi connectivity index (χ0n) is 11.3. The molecule has 0 aliphatic carbocycles. The minimum absolute atomic E-state index is 0.117. The first-order valence-electron chi connectivity index (χ1n) is 6.47. The molecule has 0 spiro atoms. The van der Waals surface area contributed by atoms with E-state index >= 15 is 0 Å². The molecule has 0 aromatic heterocycles. The van der Waals surface area contributed by atoms with Crippen molar-refractivity contribution < 1.29 is 9.90 Å². The highest BCUT2D eigenvalue weighted by Gasteiger charge is 2.24. The van der Waals surface area contributed by atoms with E-state index in [9.17, 15) is 4.79 Å². The van der Waals surface area contributed by atoms with Crippen molar-refractivity contribution in [2.24, 2.45) is 5.41 Å². The summed E-state index contributed by atoms with van der Waals surface area (Å²) in [6.07, 6.45) is 1.84. The van der Waals surface area contributed by atoms with Gasteiger partial charge in [-0.25, -0.2) is 0 Å². The van der Waals surface area contributed by atoms with E-state index in [1.807, 2.05) is 32.0 Å². The van der Waals surface area contributed by atoms with E-state index in [0.29, 0.717) is 13.1 Å². The van der Waals surface area contributed by atoms with Gasteiger partial charge in [-0.1, -0.05) is 44.2 Å². The number of carbonyl (C=O) groups is 1. The van der Waals surface area contributed by atoms with Crippen molar-refractivity contribution in [3.05, 3.63) is 35.9 Å². The molecule has 0 aliphatic rings. The number of carbonyl (C=O) groups excluding carboxylic acids is 1. The van der Waals surface area contributed by atoms with Crippen molar-refractivity contribution in [2.75, 3.05) is 19.7 Å². The maximum Gasteiger partial charge on any atom is 0.127 e. The summed E-state index contributed by atoms with van der Waals surface area (Å²) in [5, 5.41) is 9.13. The predicted molar refractivity (Wildman–Crippen MR) is 73.3 cm³/mol. The Bertz CT molecular complexity index is 353. The van der Waals surface area contributed by atoms with Crippen molar-refractivity contribution in [3.63, 3.8) is 0 Å². The molecule has 1 N–H and O–H groups in total. The number of rotatable bonds is 8. The van der Waals surface area contributed by atoms with Crippen LogP contribution in [0.4, 0.5) is 0 Å². The average molecular weight is 249 g/mol. The normalized spacial score (nSPS) is 14.4. The molecule has 0 amide bonds. The summed E-state index contributed by atoms with van der Waals surface area (Å²) in [6.45, 7) is 6.15. The van der Waals surface area contributed by atoms with Gasteiger partial charge in [0.25, 0.3) is 0 Å². The summed E-state index contributed by atoms with van der Waals surface area (Å²) in [4.78, 5) is 13.3.